The van der Waals surface area contributed by atoms with E-state index in [0.717, 1.165) is 57.2 Å². The number of aliphatic imine (C=N–C) groups is 1. The molecule has 2 fully saturated rings. The number of hydrogen-bond donors (Lipinski definition) is 1. The minimum atomic E-state index is -0.434. The van der Waals surface area contributed by atoms with Crippen molar-refractivity contribution in [2.75, 3.05) is 33.4 Å². The Hall–Kier alpha value is -0.960. The van der Waals surface area contributed by atoms with Gasteiger partial charge < -0.3 is 15.0 Å². The second-order valence-electron chi connectivity index (χ2n) is 6.11. The summed E-state index contributed by atoms with van der Waals surface area (Å²) in [7, 11) is 1.71. The zero-order chi connectivity index (χ0) is 15.6. The van der Waals surface area contributed by atoms with Crippen LogP contribution in [-0.4, -0.2) is 44.2 Å². The van der Waals surface area contributed by atoms with E-state index in [-0.39, 0.29) is 35.9 Å². The largest absolute Gasteiger partial charge is 0.381 e. The summed E-state index contributed by atoms with van der Waals surface area (Å²) in [5.74, 6) is -0.115. The van der Waals surface area contributed by atoms with Gasteiger partial charge in [-0.25, -0.2) is 8.78 Å². The highest BCUT2D eigenvalue weighted by Crippen LogP contribution is 2.38. The summed E-state index contributed by atoms with van der Waals surface area (Å²) < 4.78 is 32.4. The molecule has 3 rings (SSSR count). The molecule has 1 atom stereocenters. The summed E-state index contributed by atoms with van der Waals surface area (Å²) in [5.41, 5.74) is 0.543. The van der Waals surface area contributed by atoms with Gasteiger partial charge >= 0.3 is 0 Å². The highest BCUT2D eigenvalue weighted by atomic mass is 127. The van der Waals surface area contributed by atoms with E-state index in [4.69, 9.17) is 4.74 Å². The van der Waals surface area contributed by atoms with E-state index < -0.39 is 11.6 Å². The first-order chi connectivity index (χ1) is 10.6. The average molecular weight is 437 g/mol. The van der Waals surface area contributed by atoms with E-state index in [0.29, 0.717) is 5.56 Å². The van der Waals surface area contributed by atoms with Gasteiger partial charge in [-0.2, -0.15) is 0 Å². The fraction of sp³-hybridized carbons (Fsp3) is 0.562. The van der Waals surface area contributed by atoms with Crippen LogP contribution in [-0.2, 0) is 11.3 Å². The van der Waals surface area contributed by atoms with Crippen LogP contribution in [0.5, 0.6) is 0 Å². The lowest BCUT2D eigenvalue weighted by Gasteiger charge is -2.25. The molecule has 7 heteroatoms. The quantitative estimate of drug-likeness (QED) is 0.440. The summed E-state index contributed by atoms with van der Waals surface area (Å²) >= 11 is 0. The van der Waals surface area contributed by atoms with E-state index in [2.05, 4.69) is 15.2 Å². The maximum Gasteiger partial charge on any atom is 0.193 e. The van der Waals surface area contributed by atoms with Crippen molar-refractivity contribution in [1.29, 1.82) is 0 Å². The Kier molecular flexibility index (Phi) is 6.19. The molecule has 2 saturated heterocycles. The molecule has 0 amide bonds. The van der Waals surface area contributed by atoms with Crippen molar-refractivity contribution < 1.29 is 13.5 Å². The van der Waals surface area contributed by atoms with Gasteiger partial charge in [0.1, 0.15) is 11.6 Å². The van der Waals surface area contributed by atoms with Gasteiger partial charge in [0.25, 0.3) is 0 Å². The first-order valence-electron chi connectivity index (χ1n) is 7.59. The monoisotopic (exact) mass is 437 g/mol. The zero-order valence-corrected chi connectivity index (χ0v) is 15.5. The van der Waals surface area contributed by atoms with Crippen LogP contribution in [0.2, 0.25) is 0 Å². The van der Waals surface area contributed by atoms with Crippen molar-refractivity contribution in [2.45, 2.75) is 19.4 Å². The van der Waals surface area contributed by atoms with Crippen LogP contribution in [0.15, 0.2) is 23.2 Å². The summed E-state index contributed by atoms with van der Waals surface area (Å²) in [6.07, 6.45) is 2.17. The molecule has 1 aromatic carbocycles. The fourth-order valence-electron chi connectivity index (χ4n) is 3.27. The fourth-order valence-corrected chi connectivity index (χ4v) is 3.27. The van der Waals surface area contributed by atoms with Crippen molar-refractivity contribution in [2.24, 2.45) is 10.4 Å². The standard InChI is InChI=1S/C16H21F2N3O.HI/c1-19-15(20-9-12-8-13(17)2-3-14(12)18)21-6-4-16(10-21)5-7-22-11-16;/h2-3,8H,4-7,9-11H2,1H3,(H,19,20);1H. The topological polar surface area (TPSA) is 36.9 Å². The highest BCUT2D eigenvalue weighted by Gasteiger charge is 2.42. The van der Waals surface area contributed by atoms with Crippen molar-refractivity contribution in [3.63, 3.8) is 0 Å². The van der Waals surface area contributed by atoms with Crippen molar-refractivity contribution in [3.05, 3.63) is 35.4 Å². The summed E-state index contributed by atoms with van der Waals surface area (Å²) in [4.78, 5) is 6.44. The predicted octanol–water partition coefficient (Wildman–Crippen LogP) is 2.77. The second kappa shape index (κ2) is 7.74. The molecule has 4 nitrogen and oxygen atoms in total. The minimum Gasteiger partial charge on any atom is -0.381 e. The number of likely N-dealkylation sites (tertiary alicyclic amines) is 1. The third-order valence-electron chi connectivity index (χ3n) is 4.58. The predicted molar refractivity (Wildman–Crippen MR) is 96.0 cm³/mol. The molecular formula is C16H22F2IN3O. The molecular weight excluding hydrogens is 415 g/mol. The lowest BCUT2D eigenvalue weighted by atomic mass is 9.87. The average Bonchev–Trinajstić information content (AvgIpc) is 3.14. The van der Waals surface area contributed by atoms with Gasteiger partial charge in [0.15, 0.2) is 5.96 Å². The smallest absolute Gasteiger partial charge is 0.193 e. The van der Waals surface area contributed by atoms with Gasteiger partial charge in [0.05, 0.1) is 6.61 Å². The van der Waals surface area contributed by atoms with Crippen LogP contribution in [0.1, 0.15) is 18.4 Å². The number of hydrogen-bond acceptors (Lipinski definition) is 2. The molecule has 0 aromatic heterocycles. The zero-order valence-electron chi connectivity index (χ0n) is 13.1. The third-order valence-corrected chi connectivity index (χ3v) is 4.58. The van der Waals surface area contributed by atoms with E-state index >= 15 is 0 Å². The van der Waals surface area contributed by atoms with Crippen LogP contribution in [0.3, 0.4) is 0 Å². The molecule has 1 unspecified atom stereocenters. The maximum absolute atomic E-state index is 13.7. The number of rotatable bonds is 2. The Morgan fingerprint density at radius 1 is 1.39 bits per heavy atom. The van der Waals surface area contributed by atoms with Gasteiger partial charge in [-0.1, -0.05) is 0 Å². The van der Waals surface area contributed by atoms with Gasteiger partial charge in [0.2, 0.25) is 0 Å². The first kappa shape index (κ1) is 18.4. The molecule has 23 heavy (non-hydrogen) atoms. The normalized spacial score (nSPS) is 24.1. The molecule has 2 heterocycles. The number of guanidine groups is 1. The summed E-state index contributed by atoms with van der Waals surface area (Å²) in [5, 5.41) is 3.13. The second-order valence-corrected chi connectivity index (χ2v) is 6.11. The van der Waals surface area contributed by atoms with Crippen LogP contribution < -0.4 is 5.32 Å². The summed E-state index contributed by atoms with van der Waals surface area (Å²) in [6, 6.07) is 3.49. The number of halogens is 3. The Labute approximate surface area is 152 Å². The number of ether oxygens (including phenoxy) is 1. The maximum atomic E-state index is 13.7. The molecule has 0 bridgehead atoms. The van der Waals surface area contributed by atoms with Crippen molar-refractivity contribution in [3.8, 4) is 0 Å². The Morgan fingerprint density at radius 3 is 2.91 bits per heavy atom. The van der Waals surface area contributed by atoms with Crippen molar-refractivity contribution >= 4 is 29.9 Å². The van der Waals surface area contributed by atoms with E-state index in [1.165, 1.54) is 6.07 Å². The van der Waals surface area contributed by atoms with Gasteiger partial charge in [-0.05, 0) is 31.0 Å². The number of nitrogens with zero attached hydrogens (tertiary/aromatic N) is 2. The molecule has 1 N–H and O–H groups in total. The molecule has 1 aromatic rings. The van der Waals surface area contributed by atoms with Gasteiger partial charge in [-0.15, -0.1) is 24.0 Å². The molecule has 0 radical (unpaired) electrons. The minimum absolute atomic E-state index is 0. The van der Waals surface area contributed by atoms with Crippen LogP contribution in [0.25, 0.3) is 0 Å². The highest BCUT2D eigenvalue weighted by molar-refractivity contribution is 14.0. The van der Waals surface area contributed by atoms with Crippen LogP contribution >= 0.6 is 24.0 Å². The summed E-state index contributed by atoms with van der Waals surface area (Å²) in [6.45, 7) is 3.66. The van der Waals surface area contributed by atoms with Gasteiger partial charge in [-0.3, -0.25) is 4.99 Å². The molecule has 0 saturated carbocycles. The molecule has 2 aliphatic rings. The molecule has 1 spiro atoms. The lowest BCUT2D eigenvalue weighted by molar-refractivity contribution is 0.156. The van der Waals surface area contributed by atoms with E-state index in [1.54, 1.807) is 7.05 Å². The van der Waals surface area contributed by atoms with E-state index in [1.807, 2.05) is 0 Å². The van der Waals surface area contributed by atoms with E-state index in [9.17, 15) is 8.78 Å². The Morgan fingerprint density at radius 2 is 2.22 bits per heavy atom. The van der Waals surface area contributed by atoms with Crippen LogP contribution in [0.4, 0.5) is 8.78 Å². The first-order valence-corrected chi connectivity index (χ1v) is 7.59. The van der Waals surface area contributed by atoms with Crippen LogP contribution in [0, 0.1) is 17.0 Å². The lowest BCUT2D eigenvalue weighted by Crippen LogP contribution is -2.41. The SMILES string of the molecule is CN=C(NCc1cc(F)ccc1F)N1CCC2(CCOC2)C1.I. The third kappa shape index (κ3) is 4.12. The molecule has 0 aliphatic carbocycles. The molecule has 2 aliphatic heterocycles. The number of benzene rings is 1. The van der Waals surface area contributed by atoms with Gasteiger partial charge in [0, 0.05) is 44.3 Å². The Balaban J connectivity index is 0.00000192. The Bertz CT molecular complexity index is 576. The number of nitrogens with one attached hydrogen (secondary N) is 1. The van der Waals surface area contributed by atoms with Crippen molar-refractivity contribution in [1.82, 2.24) is 10.2 Å². The molecule has 128 valence electrons.